The van der Waals surface area contributed by atoms with Crippen LogP contribution in [0.15, 0.2) is 29.5 Å². The Morgan fingerprint density at radius 2 is 2.04 bits per heavy atom. The van der Waals surface area contributed by atoms with E-state index in [1.807, 2.05) is 0 Å². The van der Waals surface area contributed by atoms with Crippen LogP contribution in [0.25, 0.3) is 0 Å². The van der Waals surface area contributed by atoms with Gasteiger partial charge in [-0.1, -0.05) is 29.3 Å². The summed E-state index contributed by atoms with van der Waals surface area (Å²) in [6.07, 6.45) is 0.491. The third-order valence-electron chi connectivity index (χ3n) is 3.88. The topological polar surface area (TPSA) is 81.7 Å². The molecule has 3 amide bonds. The van der Waals surface area contributed by atoms with E-state index in [1.165, 1.54) is 0 Å². The second-order valence-corrected chi connectivity index (χ2v) is 6.22. The van der Waals surface area contributed by atoms with Gasteiger partial charge in [-0.05, 0) is 24.1 Å². The zero-order valence-corrected chi connectivity index (χ0v) is 13.6. The molecule has 1 atom stereocenters. The second kappa shape index (κ2) is 6.39. The van der Waals surface area contributed by atoms with E-state index in [9.17, 15) is 9.59 Å². The van der Waals surface area contributed by atoms with Crippen LogP contribution in [0.4, 0.5) is 4.79 Å². The van der Waals surface area contributed by atoms with Crippen LogP contribution < -0.4 is 10.6 Å². The van der Waals surface area contributed by atoms with E-state index < -0.39 is 6.04 Å². The van der Waals surface area contributed by atoms with Gasteiger partial charge in [-0.3, -0.25) is 4.79 Å². The van der Waals surface area contributed by atoms with Crippen molar-refractivity contribution in [3.05, 3.63) is 45.1 Å². The Balaban J connectivity index is 1.94. The van der Waals surface area contributed by atoms with Crippen molar-refractivity contribution in [2.45, 2.75) is 12.5 Å². The first-order valence-corrected chi connectivity index (χ1v) is 7.92. The van der Waals surface area contributed by atoms with Crippen molar-refractivity contribution in [3.8, 4) is 0 Å². The van der Waals surface area contributed by atoms with Crippen LogP contribution in [0.2, 0.25) is 10.0 Å². The van der Waals surface area contributed by atoms with Gasteiger partial charge in [0.1, 0.15) is 0 Å². The Kier molecular flexibility index (Phi) is 4.48. The van der Waals surface area contributed by atoms with Crippen LogP contribution in [0, 0.1) is 0 Å². The van der Waals surface area contributed by atoms with Gasteiger partial charge >= 0.3 is 6.03 Å². The minimum atomic E-state index is -0.569. The molecule has 2 heterocycles. The first-order valence-electron chi connectivity index (χ1n) is 7.17. The number of carbonyl (C=O) groups excluding carboxylic acids is 2. The predicted octanol–water partition coefficient (Wildman–Crippen LogP) is 1.83. The molecular formula is C15H15Cl2N3O3. The molecule has 6 nitrogen and oxygen atoms in total. The molecule has 3 N–H and O–H groups in total. The van der Waals surface area contributed by atoms with Gasteiger partial charge in [0, 0.05) is 13.2 Å². The second-order valence-electron chi connectivity index (χ2n) is 5.40. The maximum Gasteiger partial charge on any atom is 0.319 e. The number of nitrogens with zero attached hydrogens (tertiary/aromatic N) is 1. The largest absolute Gasteiger partial charge is 0.396 e. The van der Waals surface area contributed by atoms with Crippen molar-refractivity contribution in [3.63, 3.8) is 0 Å². The van der Waals surface area contributed by atoms with Gasteiger partial charge in [-0.15, -0.1) is 0 Å². The summed E-state index contributed by atoms with van der Waals surface area (Å²) in [5.74, 6) is -0.156. The molecule has 0 aromatic heterocycles. The molecule has 1 aromatic rings. The molecule has 3 rings (SSSR count). The molecule has 8 heteroatoms. The molecule has 23 heavy (non-hydrogen) atoms. The fourth-order valence-electron chi connectivity index (χ4n) is 2.81. The van der Waals surface area contributed by atoms with Gasteiger partial charge in [0.25, 0.3) is 5.91 Å². The van der Waals surface area contributed by atoms with E-state index in [1.54, 1.807) is 23.1 Å². The van der Waals surface area contributed by atoms with Gasteiger partial charge < -0.3 is 20.6 Å². The van der Waals surface area contributed by atoms with E-state index in [-0.39, 0.29) is 18.5 Å². The van der Waals surface area contributed by atoms with Crippen LogP contribution in [-0.4, -0.2) is 41.6 Å². The van der Waals surface area contributed by atoms with Gasteiger partial charge in [0.2, 0.25) is 0 Å². The summed E-state index contributed by atoms with van der Waals surface area (Å²) in [6.45, 7) is 0.779. The standard InChI is InChI=1S/C15H15Cl2N3O3/c16-9-3-2-8(6-10(9)17)13-12-11(18-15(23)19-13)7-20(14(12)22)4-1-5-21/h2-3,6,13,21H,1,4-5,7H2,(H2,18,19,23)/t13-/m0/s1. The third-order valence-corrected chi connectivity index (χ3v) is 4.62. The summed E-state index contributed by atoms with van der Waals surface area (Å²) >= 11 is 12.0. The highest BCUT2D eigenvalue weighted by atomic mass is 35.5. The number of hydrogen-bond donors (Lipinski definition) is 3. The number of benzene rings is 1. The molecular weight excluding hydrogens is 341 g/mol. The number of hydrogen-bond acceptors (Lipinski definition) is 3. The maximum atomic E-state index is 12.6. The number of rotatable bonds is 4. The third kappa shape index (κ3) is 3.02. The SMILES string of the molecule is O=C1NC2=C(C(=O)N(CCCO)C2)[C@H](c2ccc(Cl)c(Cl)c2)N1. The number of carbonyl (C=O) groups is 2. The van der Waals surface area contributed by atoms with Crippen molar-refractivity contribution in [2.24, 2.45) is 0 Å². The van der Waals surface area contributed by atoms with Crippen molar-refractivity contribution >= 4 is 35.1 Å². The number of aliphatic hydroxyl groups is 1. The first kappa shape index (κ1) is 16.1. The van der Waals surface area contributed by atoms with Crippen molar-refractivity contribution < 1.29 is 14.7 Å². The Bertz CT molecular complexity index is 705. The molecule has 0 saturated carbocycles. The average Bonchev–Trinajstić information content (AvgIpc) is 2.83. The van der Waals surface area contributed by atoms with Gasteiger partial charge in [0.05, 0.1) is 33.9 Å². The maximum absolute atomic E-state index is 12.6. The highest BCUT2D eigenvalue weighted by Gasteiger charge is 2.40. The zero-order chi connectivity index (χ0) is 16.6. The number of nitrogens with one attached hydrogen (secondary N) is 2. The van der Waals surface area contributed by atoms with Gasteiger partial charge in [-0.2, -0.15) is 0 Å². The van der Waals surface area contributed by atoms with Gasteiger partial charge in [0.15, 0.2) is 0 Å². The van der Waals surface area contributed by atoms with Crippen LogP contribution in [0.3, 0.4) is 0 Å². The number of halogens is 2. The Labute approximate surface area is 143 Å². The lowest BCUT2D eigenvalue weighted by atomic mass is 9.96. The van der Waals surface area contributed by atoms with Crippen molar-refractivity contribution in [1.29, 1.82) is 0 Å². The number of aliphatic hydroxyl groups excluding tert-OH is 1. The monoisotopic (exact) mass is 355 g/mol. The van der Waals surface area contributed by atoms with Crippen LogP contribution >= 0.6 is 23.2 Å². The summed E-state index contributed by atoms with van der Waals surface area (Å²) in [5, 5.41) is 15.1. The lowest BCUT2D eigenvalue weighted by molar-refractivity contribution is -0.125. The molecule has 1 aromatic carbocycles. The van der Waals surface area contributed by atoms with Crippen LogP contribution in [0.1, 0.15) is 18.0 Å². The average molecular weight is 356 g/mol. The predicted molar refractivity (Wildman–Crippen MR) is 86.2 cm³/mol. The van der Waals surface area contributed by atoms with E-state index in [0.717, 1.165) is 0 Å². The molecule has 0 bridgehead atoms. The molecule has 122 valence electrons. The van der Waals surface area contributed by atoms with Crippen molar-refractivity contribution in [1.82, 2.24) is 15.5 Å². The number of amides is 3. The summed E-state index contributed by atoms with van der Waals surface area (Å²) in [7, 11) is 0. The quantitative estimate of drug-likeness (QED) is 0.770. The molecule has 0 fully saturated rings. The molecule has 0 unspecified atom stereocenters. The lowest BCUT2D eigenvalue weighted by Gasteiger charge is -2.25. The van der Waals surface area contributed by atoms with E-state index in [2.05, 4.69) is 10.6 Å². The summed E-state index contributed by atoms with van der Waals surface area (Å²) in [4.78, 5) is 26.1. The summed E-state index contributed by atoms with van der Waals surface area (Å²) < 4.78 is 0. The van der Waals surface area contributed by atoms with E-state index in [0.29, 0.717) is 46.4 Å². The lowest BCUT2D eigenvalue weighted by Crippen LogP contribution is -2.44. The van der Waals surface area contributed by atoms with Crippen LogP contribution in [-0.2, 0) is 4.79 Å². The van der Waals surface area contributed by atoms with E-state index >= 15 is 0 Å². The first-order chi connectivity index (χ1) is 11.0. The molecule has 0 saturated heterocycles. The molecule has 0 radical (unpaired) electrons. The van der Waals surface area contributed by atoms with Gasteiger partial charge in [-0.25, -0.2) is 4.79 Å². The minimum Gasteiger partial charge on any atom is -0.396 e. The van der Waals surface area contributed by atoms with E-state index in [4.69, 9.17) is 28.3 Å². The Morgan fingerprint density at radius 1 is 1.26 bits per heavy atom. The molecule has 0 spiro atoms. The molecule has 2 aliphatic heterocycles. The summed E-state index contributed by atoms with van der Waals surface area (Å²) in [6, 6.07) is 4.08. The fourth-order valence-corrected chi connectivity index (χ4v) is 3.12. The Hall–Kier alpha value is -1.76. The van der Waals surface area contributed by atoms with Crippen LogP contribution in [0.5, 0.6) is 0 Å². The Morgan fingerprint density at radius 3 is 2.74 bits per heavy atom. The smallest absolute Gasteiger partial charge is 0.319 e. The fraction of sp³-hybridized carbons (Fsp3) is 0.333. The highest BCUT2D eigenvalue weighted by Crippen LogP contribution is 2.34. The summed E-state index contributed by atoms with van der Waals surface area (Å²) in [5.41, 5.74) is 1.78. The normalized spacial score (nSPS) is 20.5. The molecule has 0 aliphatic carbocycles. The molecule has 2 aliphatic rings. The highest BCUT2D eigenvalue weighted by molar-refractivity contribution is 6.42. The van der Waals surface area contributed by atoms with Crippen molar-refractivity contribution in [2.75, 3.05) is 19.7 Å². The zero-order valence-electron chi connectivity index (χ0n) is 12.1. The minimum absolute atomic E-state index is 0.00920. The number of urea groups is 1.